The molecule has 0 heterocycles. The summed E-state index contributed by atoms with van der Waals surface area (Å²) in [5, 5.41) is 2.97. The van der Waals surface area contributed by atoms with Gasteiger partial charge in [0.05, 0.1) is 6.54 Å². The number of carbonyl (C=O) groups is 1. The van der Waals surface area contributed by atoms with Crippen molar-refractivity contribution < 1.29 is 9.53 Å². The van der Waals surface area contributed by atoms with Gasteiger partial charge in [0.2, 0.25) is 5.91 Å². The van der Waals surface area contributed by atoms with Gasteiger partial charge in [0, 0.05) is 32.9 Å². The lowest BCUT2D eigenvalue weighted by atomic mass is 10.2. The molecule has 0 unspecified atom stereocenters. The van der Waals surface area contributed by atoms with Crippen molar-refractivity contribution in [2.24, 2.45) is 0 Å². The number of hydrogen-bond donors (Lipinski definition) is 1. The van der Waals surface area contributed by atoms with E-state index in [-0.39, 0.29) is 5.91 Å². The minimum atomic E-state index is 0.0140. The normalized spacial score (nSPS) is 10.5. The molecule has 5 nitrogen and oxygen atoms in total. The molecule has 0 atom stereocenters. The molecule has 0 saturated carbocycles. The van der Waals surface area contributed by atoms with Crippen LogP contribution in [0.2, 0.25) is 0 Å². The summed E-state index contributed by atoms with van der Waals surface area (Å²) in [6.07, 6.45) is 1.72. The Balaban J connectivity index is 1.75. The predicted octanol–water partition coefficient (Wildman–Crippen LogP) is 3.07. The fourth-order valence-corrected chi connectivity index (χ4v) is 2.63. The van der Waals surface area contributed by atoms with Crippen molar-refractivity contribution in [3.8, 4) is 5.75 Å². The van der Waals surface area contributed by atoms with Crippen LogP contribution >= 0.6 is 0 Å². The molecule has 2 aromatic carbocycles. The number of nitrogens with one attached hydrogen (secondary N) is 1. The minimum Gasteiger partial charge on any atom is -0.490 e. The number of rotatable bonds is 10. The monoisotopic (exact) mass is 367 g/mol. The van der Waals surface area contributed by atoms with Gasteiger partial charge < -0.3 is 15.0 Å². The molecule has 1 N–H and O–H groups in total. The van der Waals surface area contributed by atoms with Crippen LogP contribution in [0, 0.1) is 0 Å². The molecule has 144 valence electrons. The van der Waals surface area contributed by atoms with Crippen LogP contribution in [0.5, 0.6) is 5.75 Å². The molecule has 5 heteroatoms. The van der Waals surface area contributed by atoms with E-state index in [4.69, 9.17) is 4.74 Å². The van der Waals surface area contributed by atoms with E-state index in [0.29, 0.717) is 26.2 Å². The lowest BCUT2D eigenvalue weighted by molar-refractivity contribution is -0.122. The van der Waals surface area contributed by atoms with E-state index in [9.17, 15) is 4.79 Å². The molecule has 0 fully saturated rings. The van der Waals surface area contributed by atoms with Gasteiger partial charge in [-0.05, 0) is 42.4 Å². The second-order valence-corrected chi connectivity index (χ2v) is 6.75. The molecule has 0 bridgehead atoms. The van der Waals surface area contributed by atoms with Gasteiger partial charge in [-0.2, -0.15) is 0 Å². The maximum absolute atomic E-state index is 12.2. The average molecular weight is 367 g/mol. The molecule has 27 heavy (non-hydrogen) atoms. The summed E-state index contributed by atoms with van der Waals surface area (Å²) in [6, 6.07) is 16.1. The highest BCUT2D eigenvalue weighted by Gasteiger charge is 2.07. The minimum absolute atomic E-state index is 0.0140. The van der Waals surface area contributed by atoms with E-state index >= 15 is 0 Å². The van der Waals surface area contributed by atoms with Crippen LogP contribution in [-0.4, -0.2) is 45.1 Å². The summed E-state index contributed by atoms with van der Waals surface area (Å²) in [5.41, 5.74) is 3.37. The molecule has 0 aliphatic carbocycles. The summed E-state index contributed by atoms with van der Waals surface area (Å²) in [4.78, 5) is 16.2. The van der Waals surface area contributed by atoms with Gasteiger partial charge in [0.1, 0.15) is 12.4 Å². The van der Waals surface area contributed by atoms with E-state index in [1.807, 2.05) is 62.4 Å². The molecule has 0 saturated heterocycles. The van der Waals surface area contributed by atoms with Gasteiger partial charge in [-0.15, -0.1) is 0 Å². The molecule has 0 aliphatic rings. The zero-order chi connectivity index (χ0) is 19.6. The van der Waals surface area contributed by atoms with Crippen molar-refractivity contribution >= 4 is 11.6 Å². The smallest absolute Gasteiger partial charge is 0.234 e. The molecular formula is C22H29N3O2. The van der Waals surface area contributed by atoms with Gasteiger partial charge in [-0.25, -0.2) is 0 Å². The summed E-state index contributed by atoms with van der Waals surface area (Å²) >= 11 is 0. The third-order valence-corrected chi connectivity index (χ3v) is 4.10. The summed E-state index contributed by atoms with van der Waals surface area (Å²) in [7, 11) is 5.95. The lowest BCUT2D eigenvalue weighted by Gasteiger charge is -2.17. The number of ether oxygens (including phenoxy) is 1. The van der Waals surface area contributed by atoms with E-state index in [2.05, 4.69) is 28.9 Å². The highest BCUT2D eigenvalue weighted by atomic mass is 16.5. The van der Waals surface area contributed by atoms with E-state index < -0.39 is 0 Å². The van der Waals surface area contributed by atoms with Crippen LogP contribution < -0.4 is 15.0 Å². The molecule has 0 aliphatic heterocycles. The molecule has 2 aromatic rings. The van der Waals surface area contributed by atoms with E-state index in [1.54, 1.807) is 6.08 Å². The summed E-state index contributed by atoms with van der Waals surface area (Å²) < 4.78 is 5.48. The molecule has 0 spiro atoms. The van der Waals surface area contributed by atoms with E-state index in [0.717, 1.165) is 22.6 Å². The zero-order valence-corrected chi connectivity index (χ0v) is 16.4. The van der Waals surface area contributed by atoms with Gasteiger partial charge in [-0.3, -0.25) is 9.69 Å². The quantitative estimate of drug-likeness (QED) is 0.656. The van der Waals surface area contributed by atoms with E-state index in [1.165, 1.54) is 0 Å². The number of benzene rings is 2. The largest absolute Gasteiger partial charge is 0.490 e. The van der Waals surface area contributed by atoms with Crippen LogP contribution in [0.25, 0.3) is 0 Å². The first-order chi connectivity index (χ1) is 13.0. The van der Waals surface area contributed by atoms with Crippen molar-refractivity contribution in [1.29, 1.82) is 0 Å². The first-order valence-corrected chi connectivity index (χ1v) is 9.02. The highest BCUT2D eigenvalue weighted by Crippen LogP contribution is 2.14. The lowest BCUT2D eigenvalue weighted by Crippen LogP contribution is -2.34. The van der Waals surface area contributed by atoms with Gasteiger partial charge in [-0.1, -0.05) is 36.9 Å². The summed E-state index contributed by atoms with van der Waals surface area (Å²) in [6.45, 7) is 5.72. The molecule has 0 radical (unpaired) electrons. The maximum atomic E-state index is 12.2. The standard InChI is InChI=1S/C22H29N3O2/c1-5-14-27-21-12-8-19(9-13-21)16-25(4)17-22(26)23-15-18-6-10-20(11-7-18)24(2)3/h5-13H,1,14-17H2,2-4H3,(H,23,26). The van der Waals surface area contributed by atoms with Crippen LogP contribution in [0.15, 0.2) is 61.2 Å². The number of likely N-dealkylation sites (N-methyl/N-ethyl adjacent to an activating group) is 1. The fourth-order valence-electron chi connectivity index (χ4n) is 2.63. The van der Waals surface area contributed by atoms with Crippen molar-refractivity contribution in [2.45, 2.75) is 13.1 Å². The SMILES string of the molecule is C=CCOc1ccc(CN(C)CC(=O)NCc2ccc(N(C)C)cc2)cc1. The number of amides is 1. The third kappa shape index (κ3) is 7.15. The Bertz CT molecular complexity index is 724. The average Bonchev–Trinajstić information content (AvgIpc) is 2.66. The number of nitrogens with zero attached hydrogens (tertiary/aromatic N) is 2. The maximum Gasteiger partial charge on any atom is 0.234 e. The van der Waals surface area contributed by atoms with Crippen molar-refractivity contribution in [2.75, 3.05) is 39.2 Å². The Morgan fingerprint density at radius 3 is 2.26 bits per heavy atom. The molecular weight excluding hydrogens is 338 g/mol. The Kier molecular flexibility index (Phi) is 7.89. The predicted molar refractivity (Wildman–Crippen MR) is 111 cm³/mol. The van der Waals surface area contributed by atoms with Gasteiger partial charge in [0.25, 0.3) is 0 Å². The molecule has 2 rings (SSSR count). The highest BCUT2D eigenvalue weighted by molar-refractivity contribution is 5.78. The zero-order valence-electron chi connectivity index (χ0n) is 16.4. The van der Waals surface area contributed by atoms with Gasteiger partial charge >= 0.3 is 0 Å². The topological polar surface area (TPSA) is 44.8 Å². The second-order valence-electron chi connectivity index (χ2n) is 6.75. The Morgan fingerprint density at radius 1 is 1.04 bits per heavy atom. The Morgan fingerprint density at radius 2 is 1.67 bits per heavy atom. The first-order valence-electron chi connectivity index (χ1n) is 9.02. The number of hydrogen-bond acceptors (Lipinski definition) is 4. The number of anilines is 1. The van der Waals surface area contributed by atoms with Crippen molar-refractivity contribution in [3.63, 3.8) is 0 Å². The molecule has 1 amide bonds. The van der Waals surface area contributed by atoms with Crippen LogP contribution in [-0.2, 0) is 17.9 Å². The fraction of sp³-hybridized carbons (Fsp3) is 0.318. The Labute approximate surface area is 162 Å². The third-order valence-electron chi connectivity index (χ3n) is 4.10. The number of carbonyl (C=O) groups excluding carboxylic acids is 1. The molecule has 0 aromatic heterocycles. The van der Waals surface area contributed by atoms with Gasteiger partial charge in [0.15, 0.2) is 0 Å². The Hall–Kier alpha value is -2.79. The van der Waals surface area contributed by atoms with Crippen LogP contribution in [0.1, 0.15) is 11.1 Å². The van der Waals surface area contributed by atoms with Crippen LogP contribution in [0.4, 0.5) is 5.69 Å². The summed E-state index contributed by atoms with van der Waals surface area (Å²) in [5.74, 6) is 0.833. The first kappa shape index (κ1) is 20.5. The van der Waals surface area contributed by atoms with Crippen molar-refractivity contribution in [3.05, 3.63) is 72.3 Å². The second kappa shape index (κ2) is 10.4. The van der Waals surface area contributed by atoms with Crippen LogP contribution in [0.3, 0.4) is 0 Å². The van der Waals surface area contributed by atoms with Crippen molar-refractivity contribution in [1.82, 2.24) is 10.2 Å².